The molecule has 0 amide bonds. The molecule has 0 aliphatic carbocycles. The molecule has 104 valence electrons. The highest BCUT2D eigenvalue weighted by Crippen LogP contribution is 2.15. The summed E-state index contributed by atoms with van der Waals surface area (Å²) in [6.07, 6.45) is 4.28. The van der Waals surface area contributed by atoms with Crippen molar-refractivity contribution < 1.29 is 8.42 Å². The van der Waals surface area contributed by atoms with Gasteiger partial charge in [0.15, 0.2) is 0 Å². The normalized spacial score (nSPS) is 11.1. The topological polar surface area (TPSA) is 98.0 Å². The minimum atomic E-state index is -3.71. The first-order valence-electron chi connectivity index (χ1n) is 5.59. The predicted molar refractivity (Wildman–Crippen MR) is 79.9 cm³/mol. The second kappa shape index (κ2) is 5.51. The minimum absolute atomic E-state index is 0.0269. The summed E-state index contributed by atoms with van der Waals surface area (Å²) in [7, 11) is -3.71. The fraction of sp³-hybridized carbons (Fsp3) is 0.0833. The number of aryl methyl sites for hydroxylation is 1. The number of nitrogens with zero attached hydrogens (tertiary/aromatic N) is 2. The van der Waals surface area contributed by atoms with Crippen LogP contribution in [0.2, 0.25) is 0 Å². The van der Waals surface area contributed by atoms with E-state index in [1.807, 2.05) is 6.92 Å². The van der Waals surface area contributed by atoms with Crippen molar-refractivity contribution in [3.8, 4) is 0 Å². The van der Waals surface area contributed by atoms with Gasteiger partial charge in [0.05, 0.1) is 17.6 Å². The van der Waals surface area contributed by atoms with Crippen LogP contribution in [0.3, 0.4) is 0 Å². The number of hydrogen-bond acceptors (Lipinski definition) is 5. The van der Waals surface area contributed by atoms with Gasteiger partial charge in [0.2, 0.25) is 0 Å². The Balaban J connectivity index is 2.28. The molecule has 2 heterocycles. The maximum Gasteiger partial charge on any atom is 0.263 e. The second-order valence-corrected chi connectivity index (χ2v) is 6.22. The number of pyridine rings is 2. The van der Waals surface area contributed by atoms with Crippen LogP contribution in [0.25, 0.3) is 0 Å². The van der Waals surface area contributed by atoms with Crippen molar-refractivity contribution >= 4 is 32.9 Å². The fourth-order valence-electron chi connectivity index (χ4n) is 1.51. The molecular weight excluding hydrogens is 296 g/mol. The van der Waals surface area contributed by atoms with E-state index in [4.69, 9.17) is 18.0 Å². The molecule has 2 rings (SSSR count). The number of anilines is 1. The second-order valence-electron chi connectivity index (χ2n) is 4.10. The number of rotatable bonds is 4. The first-order chi connectivity index (χ1) is 9.38. The van der Waals surface area contributed by atoms with Crippen LogP contribution in [0, 0.1) is 6.92 Å². The zero-order valence-electron chi connectivity index (χ0n) is 10.6. The zero-order valence-corrected chi connectivity index (χ0v) is 12.2. The molecule has 20 heavy (non-hydrogen) atoms. The van der Waals surface area contributed by atoms with Crippen LogP contribution in [-0.4, -0.2) is 23.4 Å². The van der Waals surface area contributed by atoms with Gasteiger partial charge in [-0.2, -0.15) is 0 Å². The molecule has 2 aromatic rings. The molecule has 0 radical (unpaired) electrons. The van der Waals surface area contributed by atoms with Crippen LogP contribution in [0.15, 0.2) is 41.7 Å². The Morgan fingerprint density at radius 2 is 2.05 bits per heavy atom. The average molecular weight is 308 g/mol. The molecule has 0 atom stereocenters. The van der Waals surface area contributed by atoms with Gasteiger partial charge < -0.3 is 5.73 Å². The Labute approximate surface area is 122 Å². The van der Waals surface area contributed by atoms with E-state index >= 15 is 0 Å². The molecule has 0 saturated carbocycles. The molecule has 6 nitrogen and oxygen atoms in total. The van der Waals surface area contributed by atoms with Gasteiger partial charge in [-0.05, 0) is 30.7 Å². The van der Waals surface area contributed by atoms with Gasteiger partial charge in [-0.3, -0.25) is 14.7 Å². The van der Waals surface area contributed by atoms with Crippen LogP contribution in [0.5, 0.6) is 0 Å². The summed E-state index contributed by atoms with van der Waals surface area (Å²) in [5.41, 5.74) is 7.03. The Morgan fingerprint density at radius 3 is 2.60 bits per heavy atom. The Kier molecular flexibility index (Phi) is 3.96. The molecule has 0 unspecified atom stereocenters. The Bertz CT molecular complexity index is 742. The van der Waals surface area contributed by atoms with Crippen molar-refractivity contribution in [2.45, 2.75) is 11.8 Å². The van der Waals surface area contributed by atoms with Crippen molar-refractivity contribution in [2.24, 2.45) is 5.73 Å². The van der Waals surface area contributed by atoms with Crippen LogP contribution < -0.4 is 10.5 Å². The van der Waals surface area contributed by atoms with Gasteiger partial charge in [0.1, 0.15) is 9.88 Å². The molecule has 2 aromatic heterocycles. The quantitative estimate of drug-likeness (QED) is 0.824. The molecule has 0 saturated heterocycles. The molecule has 0 aliphatic rings. The van der Waals surface area contributed by atoms with Gasteiger partial charge in [-0.1, -0.05) is 12.2 Å². The van der Waals surface area contributed by atoms with Crippen molar-refractivity contribution in [3.63, 3.8) is 0 Å². The van der Waals surface area contributed by atoms with Gasteiger partial charge in [0.25, 0.3) is 10.0 Å². The number of hydrogen-bond donors (Lipinski definition) is 2. The third kappa shape index (κ3) is 3.28. The summed E-state index contributed by atoms with van der Waals surface area (Å²) in [6, 6.07) is 4.54. The lowest BCUT2D eigenvalue weighted by Crippen LogP contribution is -2.15. The highest BCUT2D eigenvalue weighted by Gasteiger charge is 2.15. The lowest BCUT2D eigenvalue weighted by atomic mass is 10.3. The van der Waals surface area contributed by atoms with Crippen molar-refractivity contribution in [3.05, 3.63) is 48.0 Å². The van der Waals surface area contributed by atoms with Crippen molar-refractivity contribution in [1.82, 2.24) is 9.97 Å². The van der Waals surface area contributed by atoms with E-state index in [2.05, 4.69) is 14.7 Å². The summed E-state index contributed by atoms with van der Waals surface area (Å²) >= 11 is 4.76. The molecule has 0 spiro atoms. The van der Waals surface area contributed by atoms with E-state index in [1.54, 1.807) is 12.3 Å². The van der Waals surface area contributed by atoms with Crippen LogP contribution in [0.1, 0.15) is 11.3 Å². The maximum absolute atomic E-state index is 12.2. The number of sulfonamides is 1. The number of nitrogens with one attached hydrogen (secondary N) is 1. The number of nitrogens with two attached hydrogens (primary N) is 1. The van der Waals surface area contributed by atoms with E-state index in [1.165, 1.54) is 24.5 Å². The summed E-state index contributed by atoms with van der Waals surface area (Å²) in [5.74, 6) is 0. The van der Waals surface area contributed by atoms with E-state index in [0.717, 1.165) is 5.56 Å². The third-order valence-corrected chi connectivity index (χ3v) is 4.00. The molecular formula is C12H12N4O2S2. The van der Waals surface area contributed by atoms with Gasteiger partial charge in [0, 0.05) is 12.4 Å². The minimum Gasteiger partial charge on any atom is -0.388 e. The number of thiocarbonyl (C=S) groups is 1. The molecule has 8 heteroatoms. The first kappa shape index (κ1) is 14.4. The maximum atomic E-state index is 12.2. The smallest absolute Gasteiger partial charge is 0.263 e. The average Bonchev–Trinajstić information content (AvgIpc) is 2.38. The molecule has 0 aromatic carbocycles. The van der Waals surface area contributed by atoms with Crippen molar-refractivity contribution in [1.29, 1.82) is 0 Å². The van der Waals surface area contributed by atoms with E-state index < -0.39 is 10.0 Å². The Hall–Kier alpha value is -2.06. The lowest BCUT2D eigenvalue weighted by Gasteiger charge is -2.08. The van der Waals surface area contributed by atoms with E-state index in [9.17, 15) is 8.42 Å². The van der Waals surface area contributed by atoms with Crippen LogP contribution in [0.4, 0.5) is 5.69 Å². The first-order valence-corrected chi connectivity index (χ1v) is 7.48. The molecule has 0 aliphatic heterocycles. The molecule has 0 fully saturated rings. The lowest BCUT2D eigenvalue weighted by molar-refractivity contribution is 0.601. The summed E-state index contributed by atoms with van der Waals surface area (Å²) in [4.78, 5) is 7.97. The highest BCUT2D eigenvalue weighted by atomic mass is 32.2. The molecule has 0 bridgehead atoms. The summed E-state index contributed by atoms with van der Waals surface area (Å²) in [6.45, 7) is 1.82. The van der Waals surface area contributed by atoms with Gasteiger partial charge in [-0.15, -0.1) is 0 Å². The standard InChI is InChI=1S/C12H12N4O2S2/c1-8-4-9(6-14-5-8)16-20(17,18)10-2-3-11(12(13)19)15-7-10/h2-7,16H,1H3,(H2,13,19). The van der Waals surface area contributed by atoms with Crippen molar-refractivity contribution in [2.75, 3.05) is 4.72 Å². The fourth-order valence-corrected chi connectivity index (χ4v) is 2.61. The zero-order chi connectivity index (χ0) is 14.8. The Morgan fingerprint density at radius 1 is 1.30 bits per heavy atom. The van der Waals surface area contributed by atoms with Crippen LogP contribution in [-0.2, 0) is 10.0 Å². The summed E-state index contributed by atoms with van der Waals surface area (Å²) in [5, 5.41) is 0. The third-order valence-electron chi connectivity index (χ3n) is 2.43. The van der Waals surface area contributed by atoms with Gasteiger partial charge >= 0.3 is 0 Å². The summed E-state index contributed by atoms with van der Waals surface area (Å²) < 4.78 is 26.7. The monoisotopic (exact) mass is 308 g/mol. The highest BCUT2D eigenvalue weighted by molar-refractivity contribution is 7.92. The number of aromatic nitrogens is 2. The van der Waals surface area contributed by atoms with E-state index in [-0.39, 0.29) is 9.88 Å². The van der Waals surface area contributed by atoms with E-state index in [0.29, 0.717) is 11.4 Å². The molecule has 3 N–H and O–H groups in total. The SMILES string of the molecule is Cc1cncc(NS(=O)(=O)c2ccc(C(N)=S)nc2)c1. The van der Waals surface area contributed by atoms with Gasteiger partial charge in [-0.25, -0.2) is 8.42 Å². The van der Waals surface area contributed by atoms with Crippen LogP contribution >= 0.6 is 12.2 Å². The largest absolute Gasteiger partial charge is 0.388 e. The predicted octanol–water partition coefficient (Wildman–Crippen LogP) is 1.22.